The normalized spacial score (nSPS) is 13.7. The molecule has 1 aliphatic carbocycles. The predicted molar refractivity (Wildman–Crippen MR) is 114 cm³/mol. The molecule has 0 radical (unpaired) electrons. The standard InChI is InChI=1S/C23H25ClFN3O/c24-18-7-6-8-19(25)17(18)15-28-21-10-4-3-9-20(21)27-22(28)11-2-1-5-14-26-23(29)16-12-13-16/h3-4,6-10,16H,1-2,5,11-15H2,(H,26,29). The Labute approximate surface area is 175 Å². The number of unbranched alkanes of at least 4 members (excludes halogenated alkanes) is 2. The molecule has 1 N–H and O–H groups in total. The number of halogens is 2. The highest BCUT2D eigenvalue weighted by molar-refractivity contribution is 6.31. The molecule has 0 aliphatic heterocycles. The van der Waals surface area contributed by atoms with Crippen molar-refractivity contribution in [2.75, 3.05) is 6.54 Å². The number of nitrogens with zero attached hydrogens (tertiary/aromatic N) is 2. The van der Waals surface area contributed by atoms with Crippen LogP contribution in [0.4, 0.5) is 4.39 Å². The molecule has 6 heteroatoms. The fourth-order valence-corrected chi connectivity index (χ4v) is 3.84. The lowest BCUT2D eigenvalue weighted by Crippen LogP contribution is -2.25. The van der Waals surface area contributed by atoms with Crippen LogP contribution in [0.15, 0.2) is 42.5 Å². The van der Waals surface area contributed by atoms with Gasteiger partial charge in [-0.1, -0.05) is 36.2 Å². The number of nitrogens with one attached hydrogen (secondary N) is 1. The molecule has 0 atom stereocenters. The Hall–Kier alpha value is -2.40. The number of carbonyl (C=O) groups is 1. The van der Waals surface area contributed by atoms with E-state index >= 15 is 0 Å². The molecule has 3 aromatic rings. The lowest BCUT2D eigenvalue weighted by atomic mass is 10.1. The van der Waals surface area contributed by atoms with Crippen molar-refractivity contribution >= 4 is 28.5 Å². The molecule has 4 rings (SSSR count). The third-order valence-electron chi connectivity index (χ3n) is 5.44. The molecular formula is C23H25ClFN3O. The van der Waals surface area contributed by atoms with Gasteiger partial charge < -0.3 is 9.88 Å². The number of hydrogen-bond acceptors (Lipinski definition) is 2. The SMILES string of the molecule is O=C(NCCCCCc1nc2ccccc2n1Cc1c(F)cccc1Cl)C1CC1. The molecule has 29 heavy (non-hydrogen) atoms. The van der Waals surface area contributed by atoms with Crippen molar-refractivity contribution in [3.05, 3.63) is 64.7 Å². The van der Waals surface area contributed by atoms with Crippen LogP contribution >= 0.6 is 11.6 Å². The van der Waals surface area contributed by atoms with E-state index in [4.69, 9.17) is 16.6 Å². The fourth-order valence-electron chi connectivity index (χ4n) is 3.62. The summed E-state index contributed by atoms with van der Waals surface area (Å²) in [6.45, 7) is 1.09. The Bertz CT molecular complexity index is 992. The average molecular weight is 414 g/mol. The Kier molecular flexibility index (Phi) is 6.14. The Balaban J connectivity index is 1.42. The summed E-state index contributed by atoms with van der Waals surface area (Å²) in [5.74, 6) is 1.11. The summed E-state index contributed by atoms with van der Waals surface area (Å²) in [5.41, 5.74) is 2.38. The summed E-state index contributed by atoms with van der Waals surface area (Å²) in [5, 5.41) is 3.44. The van der Waals surface area contributed by atoms with Gasteiger partial charge in [0, 0.05) is 29.5 Å². The fraction of sp³-hybridized carbons (Fsp3) is 0.391. The molecule has 2 aromatic carbocycles. The molecule has 1 fully saturated rings. The van der Waals surface area contributed by atoms with E-state index in [0.29, 0.717) is 17.1 Å². The van der Waals surface area contributed by atoms with E-state index in [1.807, 2.05) is 24.3 Å². The summed E-state index contributed by atoms with van der Waals surface area (Å²) in [4.78, 5) is 16.4. The maximum Gasteiger partial charge on any atom is 0.223 e. The first-order valence-electron chi connectivity index (χ1n) is 10.3. The Morgan fingerprint density at radius 3 is 2.76 bits per heavy atom. The second-order valence-electron chi connectivity index (χ2n) is 7.68. The highest BCUT2D eigenvalue weighted by Gasteiger charge is 2.28. The monoisotopic (exact) mass is 413 g/mol. The van der Waals surface area contributed by atoms with Gasteiger partial charge in [-0.05, 0) is 49.9 Å². The number of rotatable bonds is 9. The van der Waals surface area contributed by atoms with Crippen LogP contribution in [0.1, 0.15) is 43.5 Å². The van der Waals surface area contributed by atoms with Crippen molar-refractivity contribution in [3.8, 4) is 0 Å². The second kappa shape index (κ2) is 8.95. The predicted octanol–water partition coefficient (Wildman–Crippen LogP) is 5.12. The molecule has 1 aromatic heterocycles. The van der Waals surface area contributed by atoms with Crippen LogP contribution in [0, 0.1) is 11.7 Å². The summed E-state index contributed by atoms with van der Waals surface area (Å²) in [6.07, 6.45) is 5.81. The molecule has 1 amide bonds. The number of fused-ring (bicyclic) bond motifs is 1. The molecule has 0 bridgehead atoms. The van der Waals surface area contributed by atoms with Crippen molar-refractivity contribution in [1.82, 2.24) is 14.9 Å². The molecule has 0 unspecified atom stereocenters. The van der Waals surface area contributed by atoms with E-state index in [1.165, 1.54) is 6.07 Å². The molecule has 1 saturated carbocycles. The smallest absolute Gasteiger partial charge is 0.223 e. The van der Waals surface area contributed by atoms with Gasteiger partial charge in [0.15, 0.2) is 0 Å². The number of carbonyl (C=O) groups excluding carboxylic acids is 1. The van der Waals surface area contributed by atoms with Crippen molar-refractivity contribution in [1.29, 1.82) is 0 Å². The Morgan fingerprint density at radius 1 is 1.14 bits per heavy atom. The van der Waals surface area contributed by atoms with Crippen LogP contribution in [0.2, 0.25) is 5.02 Å². The molecule has 1 aliphatic rings. The molecule has 1 heterocycles. The number of benzene rings is 2. The zero-order chi connectivity index (χ0) is 20.2. The summed E-state index contributed by atoms with van der Waals surface area (Å²) in [7, 11) is 0. The third-order valence-corrected chi connectivity index (χ3v) is 5.79. The van der Waals surface area contributed by atoms with Gasteiger partial charge >= 0.3 is 0 Å². The maximum atomic E-state index is 14.3. The van der Waals surface area contributed by atoms with Gasteiger partial charge in [0.2, 0.25) is 5.91 Å². The largest absolute Gasteiger partial charge is 0.356 e. The van der Waals surface area contributed by atoms with Crippen LogP contribution in [0.25, 0.3) is 11.0 Å². The van der Waals surface area contributed by atoms with Crippen LogP contribution in [0.5, 0.6) is 0 Å². The molecule has 0 saturated heterocycles. The van der Waals surface area contributed by atoms with Crippen molar-refractivity contribution in [3.63, 3.8) is 0 Å². The number of amides is 1. The first-order chi connectivity index (χ1) is 14.1. The minimum absolute atomic E-state index is 0.202. The highest BCUT2D eigenvalue weighted by Crippen LogP contribution is 2.28. The molecule has 4 nitrogen and oxygen atoms in total. The quantitative estimate of drug-likeness (QED) is 0.495. The van der Waals surface area contributed by atoms with E-state index in [9.17, 15) is 9.18 Å². The van der Waals surface area contributed by atoms with Gasteiger partial charge in [0.1, 0.15) is 11.6 Å². The van der Waals surface area contributed by atoms with E-state index in [1.54, 1.807) is 12.1 Å². The molecule has 152 valence electrons. The Morgan fingerprint density at radius 2 is 1.97 bits per heavy atom. The topological polar surface area (TPSA) is 46.9 Å². The zero-order valence-corrected chi connectivity index (χ0v) is 17.1. The highest BCUT2D eigenvalue weighted by atomic mass is 35.5. The maximum absolute atomic E-state index is 14.3. The van der Waals surface area contributed by atoms with E-state index < -0.39 is 0 Å². The van der Waals surface area contributed by atoms with Gasteiger partial charge in [0.05, 0.1) is 17.6 Å². The van der Waals surface area contributed by atoms with Gasteiger partial charge in [-0.3, -0.25) is 4.79 Å². The van der Waals surface area contributed by atoms with Crippen LogP contribution < -0.4 is 5.32 Å². The van der Waals surface area contributed by atoms with Crippen molar-refractivity contribution in [2.45, 2.75) is 45.1 Å². The van der Waals surface area contributed by atoms with Crippen LogP contribution in [-0.4, -0.2) is 22.0 Å². The first kappa shape index (κ1) is 19.9. The van der Waals surface area contributed by atoms with Crippen LogP contribution in [-0.2, 0) is 17.8 Å². The summed E-state index contributed by atoms with van der Waals surface area (Å²) >= 11 is 6.26. The van der Waals surface area contributed by atoms with E-state index in [0.717, 1.165) is 61.9 Å². The number of hydrogen-bond donors (Lipinski definition) is 1. The van der Waals surface area contributed by atoms with Gasteiger partial charge in [-0.25, -0.2) is 9.37 Å². The van der Waals surface area contributed by atoms with Crippen LogP contribution in [0.3, 0.4) is 0 Å². The molecule has 0 spiro atoms. The minimum atomic E-state index is -0.298. The lowest BCUT2D eigenvalue weighted by molar-refractivity contribution is -0.122. The van der Waals surface area contributed by atoms with E-state index in [2.05, 4.69) is 9.88 Å². The lowest BCUT2D eigenvalue weighted by Gasteiger charge is -2.12. The minimum Gasteiger partial charge on any atom is -0.356 e. The summed E-state index contributed by atoms with van der Waals surface area (Å²) in [6, 6.07) is 12.7. The van der Waals surface area contributed by atoms with Gasteiger partial charge in [0.25, 0.3) is 0 Å². The van der Waals surface area contributed by atoms with Gasteiger partial charge in [-0.2, -0.15) is 0 Å². The first-order valence-corrected chi connectivity index (χ1v) is 10.7. The summed E-state index contributed by atoms with van der Waals surface area (Å²) < 4.78 is 16.4. The second-order valence-corrected chi connectivity index (χ2v) is 8.09. The number of para-hydroxylation sites is 2. The van der Waals surface area contributed by atoms with Crippen molar-refractivity contribution in [2.24, 2.45) is 5.92 Å². The number of aromatic nitrogens is 2. The van der Waals surface area contributed by atoms with Gasteiger partial charge in [-0.15, -0.1) is 0 Å². The van der Waals surface area contributed by atoms with E-state index in [-0.39, 0.29) is 17.6 Å². The third kappa shape index (κ3) is 4.78. The number of aryl methyl sites for hydroxylation is 1. The van der Waals surface area contributed by atoms with Crippen molar-refractivity contribution < 1.29 is 9.18 Å². The molecular weight excluding hydrogens is 389 g/mol. The average Bonchev–Trinajstić information content (AvgIpc) is 3.50. The number of imidazole rings is 1. The zero-order valence-electron chi connectivity index (χ0n) is 16.3.